The van der Waals surface area contributed by atoms with Crippen LogP contribution >= 0.6 is 11.8 Å². The molecule has 2 aromatic heterocycles. The van der Waals surface area contributed by atoms with Crippen molar-refractivity contribution in [1.82, 2.24) is 19.5 Å². The molecule has 0 N–H and O–H groups in total. The Labute approximate surface area is 139 Å². The largest absolute Gasteiger partial charge is 0.280 e. The second-order valence-electron chi connectivity index (χ2n) is 5.01. The molecule has 0 unspecified atom stereocenters. The van der Waals surface area contributed by atoms with Crippen molar-refractivity contribution in [2.75, 3.05) is 6.26 Å². The number of rotatable bonds is 4. The fourth-order valence-corrected chi connectivity index (χ4v) is 2.74. The van der Waals surface area contributed by atoms with Crippen LogP contribution in [-0.2, 0) is 6.42 Å². The number of hydrogen-bond donors (Lipinski definition) is 0. The molecule has 0 aliphatic rings. The second kappa shape index (κ2) is 6.63. The molecule has 114 valence electrons. The minimum atomic E-state index is 0.275. The Morgan fingerprint density at radius 1 is 1.26 bits per heavy atom. The Morgan fingerprint density at radius 3 is 2.87 bits per heavy atom. The SMILES string of the molecule is CSc1nccc(-n2c(CC#N)cnc2-c2cccc(C)c2)n1. The van der Waals surface area contributed by atoms with Crippen LogP contribution in [0.25, 0.3) is 17.2 Å². The summed E-state index contributed by atoms with van der Waals surface area (Å²) in [4.78, 5) is 13.3. The molecule has 0 aliphatic carbocycles. The summed E-state index contributed by atoms with van der Waals surface area (Å²) >= 11 is 1.48. The topological polar surface area (TPSA) is 67.4 Å². The Bertz CT molecular complexity index is 879. The van der Waals surface area contributed by atoms with Crippen molar-refractivity contribution in [2.24, 2.45) is 0 Å². The zero-order valence-electron chi connectivity index (χ0n) is 12.9. The number of nitrogens with zero attached hydrogens (tertiary/aromatic N) is 5. The van der Waals surface area contributed by atoms with E-state index in [1.807, 2.05) is 42.0 Å². The summed E-state index contributed by atoms with van der Waals surface area (Å²) in [6, 6.07) is 12.2. The van der Waals surface area contributed by atoms with E-state index in [9.17, 15) is 0 Å². The summed E-state index contributed by atoms with van der Waals surface area (Å²) in [6.45, 7) is 2.05. The van der Waals surface area contributed by atoms with Gasteiger partial charge in [-0.15, -0.1) is 0 Å². The number of nitriles is 1. The monoisotopic (exact) mass is 321 g/mol. The summed E-state index contributed by atoms with van der Waals surface area (Å²) in [7, 11) is 0. The number of thioether (sulfide) groups is 1. The molecule has 0 atom stereocenters. The van der Waals surface area contributed by atoms with E-state index < -0.39 is 0 Å². The fourth-order valence-electron chi connectivity index (χ4n) is 2.39. The molecule has 0 saturated carbocycles. The Morgan fingerprint density at radius 2 is 2.13 bits per heavy atom. The van der Waals surface area contributed by atoms with Crippen molar-refractivity contribution >= 4 is 11.8 Å². The highest BCUT2D eigenvalue weighted by Gasteiger charge is 2.15. The first-order valence-electron chi connectivity index (χ1n) is 7.11. The molecule has 3 rings (SSSR count). The van der Waals surface area contributed by atoms with E-state index in [4.69, 9.17) is 5.26 Å². The number of imidazole rings is 1. The van der Waals surface area contributed by atoms with E-state index in [-0.39, 0.29) is 6.42 Å². The standard InChI is InChI=1S/C17H15N5S/c1-12-4-3-5-13(10-12)16-20-11-14(6-8-18)22(16)15-7-9-19-17(21-15)23-2/h3-5,7,9-11H,6H2,1-2H3. The minimum Gasteiger partial charge on any atom is -0.280 e. The molecule has 5 nitrogen and oxygen atoms in total. The molecule has 0 spiro atoms. The first-order valence-corrected chi connectivity index (χ1v) is 8.33. The maximum Gasteiger partial charge on any atom is 0.189 e. The summed E-state index contributed by atoms with van der Waals surface area (Å²) in [5.41, 5.74) is 2.97. The molecule has 0 amide bonds. The van der Waals surface area contributed by atoms with Crippen molar-refractivity contribution < 1.29 is 0 Å². The first kappa shape index (κ1) is 15.3. The quantitative estimate of drug-likeness (QED) is 0.544. The lowest BCUT2D eigenvalue weighted by atomic mass is 10.1. The predicted molar refractivity (Wildman–Crippen MR) is 90.4 cm³/mol. The molecule has 1 aromatic carbocycles. The van der Waals surface area contributed by atoms with Crippen LogP contribution in [0.15, 0.2) is 47.9 Å². The van der Waals surface area contributed by atoms with E-state index in [1.165, 1.54) is 11.8 Å². The van der Waals surface area contributed by atoms with Gasteiger partial charge in [0.1, 0.15) is 11.6 Å². The lowest BCUT2D eigenvalue weighted by Gasteiger charge is -2.11. The van der Waals surface area contributed by atoms with Gasteiger partial charge in [0.2, 0.25) is 0 Å². The summed E-state index contributed by atoms with van der Waals surface area (Å²) < 4.78 is 1.93. The molecule has 0 aliphatic heterocycles. The Balaban J connectivity index is 2.20. The molecular weight excluding hydrogens is 306 g/mol. The van der Waals surface area contributed by atoms with Crippen LogP contribution in [0.1, 0.15) is 11.3 Å². The predicted octanol–water partition coefficient (Wildman–Crippen LogP) is 3.43. The Kier molecular flexibility index (Phi) is 4.40. The van der Waals surface area contributed by atoms with Gasteiger partial charge >= 0.3 is 0 Å². The lowest BCUT2D eigenvalue weighted by Crippen LogP contribution is -2.05. The van der Waals surface area contributed by atoms with Gasteiger partial charge < -0.3 is 0 Å². The van der Waals surface area contributed by atoms with Gasteiger partial charge in [-0.3, -0.25) is 4.57 Å². The third-order valence-corrected chi connectivity index (χ3v) is 3.96. The molecule has 0 fully saturated rings. The van der Waals surface area contributed by atoms with E-state index in [0.29, 0.717) is 5.16 Å². The maximum atomic E-state index is 9.09. The Hall–Kier alpha value is -2.65. The molecule has 2 heterocycles. The molecule has 3 aromatic rings. The van der Waals surface area contributed by atoms with Gasteiger partial charge in [-0.05, 0) is 25.3 Å². The third-order valence-electron chi connectivity index (χ3n) is 3.40. The van der Waals surface area contributed by atoms with E-state index in [0.717, 1.165) is 28.5 Å². The zero-order valence-corrected chi connectivity index (χ0v) is 13.7. The van der Waals surface area contributed by atoms with Crippen LogP contribution in [0.2, 0.25) is 0 Å². The van der Waals surface area contributed by atoms with Gasteiger partial charge in [-0.25, -0.2) is 15.0 Å². The highest BCUT2D eigenvalue weighted by Crippen LogP contribution is 2.25. The van der Waals surface area contributed by atoms with Crippen molar-refractivity contribution in [1.29, 1.82) is 5.26 Å². The summed E-state index contributed by atoms with van der Waals surface area (Å²) in [5.74, 6) is 1.51. The number of hydrogen-bond acceptors (Lipinski definition) is 5. The third kappa shape index (κ3) is 3.10. The molecule has 0 bridgehead atoms. The molecule has 0 radical (unpaired) electrons. The van der Waals surface area contributed by atoms with Gasteiger partial charge in [-0.2, -0.15) is 5.26 Å². The normalized spacial score (nSPS) is 10.5. The van der Waals surface area contributed by atoms with Crippen molar-refractivity contribution in [3.8, 4) is 23.3 Å². The van der Waals surface area contributed by atoms with Crippen LogP contribution in [-0.4, -0.2) is 25.8 Å². The van der Waals surface area contributed by atoms with Gasteiger partial charge in [0.25, 0.3) is 0 Å². The van der Waals surface area contributed by atoms with Crippen LogP contribution in [0.3, 0.4) is 0 Å². The number of benzene rings is 1. The zero-order chi connectivity index (χ0) is 16.2. The molecule has 0 saturated heterocycles. The second-order valence-corrected chi connectivity index (χ2v) is 5.79. The van der Waals surface area contributed by atoms with E-state index in [1.54, 1.807) is 12.4 Å². The highest BCUT2D eigenvalue weighted by atomic mass is 32.2. The van der Waals surface area contributed by atoms with E-state index >= 15 is 0 Å². The van der Waals surface area contributed by atoms with Gasteiger partial charge in [0, 0.05) is 11.8 Å². The van der Waals surface area contributed by atoms with Crippen LogP contribution in [0.4, 0.5) is 0 Å². The summed E-state index contributed by atoms with van der Waals surface area (Å²) in [5, 5.41) is 9.78. The number of aryl methyl sites for hydroxylation is 1. The van der Waals surface area contributed by atoms with Crippen LogP contribution in [0.5, 0.6) is 0 Å². The molecule has 23 heavy (non-hydrogen) atoms. The average molecular weight is 321 g/mol. The minimum absolute atomic E-state index is 0.275. The van der Waals surface area contributed by atoms with Crippen LogP contribution < -0.4 is 0 Å². The van der Waals surface area contributed by atoms with Gasteiger partial charge in [0.05, 0.1) is 24.4 Å². The first-order chi connectivity index (χ1) is 11.2. The smallest absolute Gasteiger partial charge is 0.189 e. The van der Waals surface area contributed by atoms with Gasteiger partial charge in [-0.1, -0.05) is 35.5 Å². The fraction of sp³-hybridized carbons (Fsp3) is 0.176. The van der Waals surface area contributed by atoms with Crippen LogP contribution in [0, 0.1) is 18.3 Å². The van der Waals surface area contributed by atoms with Crippen molar-refractivity contribution in [2.45, 2.75) is 18.5 Å². The average Bonchev–Trinajstić information content (AvgIpc) is 2.99. The van der Waals surface area contributed by atoms with E-state index in [2.05, 4.69) is 27.1 Å². The molecular formula is C17H15N5S. The lowest BCUT2D eigenvalue weighted by molar-refractivity contribution is 0.868. The maximum absolute atomic E-state index is 9.09. The van der Waals surface area contributed by atoms with Crippen molar-refractivity contribution in [3.63, 3.8) is 0 Å². The summed E-state index contributed by atoms with van der Waals surface area (Å²) in [6.07, 6.45) is 5.67. The van der Waals surface area contributed by atoms with Crippen molar-refractivity contribution in [3.05, 3.63) is 54.0 Å². The number of aromatic nitrogens is 4. The van der Waals surface area contributed by atoms with Gasteiger partial charge in [0.15, 0.2) is 5.16 Å². The molecule has 6 heteroatoms. The highest BCUT2D eigenvalue weighted by molar-refractivity contribution is 7.98.